The lowest BCUT2D eigenvalue weighted by molar-refractivity contribution is -0.00540. The van der Waals surface area contributed by atoms with Gasteiger partial charge in [-0.1, -0.05) is 13.0 Å². The van der Waals surface area contributed by atoms with E-state index in [1.165, 1.54) is 6.07 Å². The second kappa shape index (κ2) is 5.92. The summed E-state index contributed by atoms with van der Waals surface area (Å²) in [5, 5.41) is 13.1. The van der Waals surface area contributed by atoms with E-state index < -0.39 is 5.60 Å². The van der Waals surface area contributed by atoms with Crippen molar-refractivity contribution in [2.75, 3.05) is 6.54 Å². The molecule has 1 fully saturated rings. The Hall–Kier alpha value is -1.42. The maximum atomic E-state index is 13.4. The van der Waals surface area contributed by atoms with Crippen molar-refractivity contribution >= 4 is 5.91 Å². The SMILES string of the molecule is Cc1ccc(C(=O)NCC2(O)CCC(C)CC2)cc1F. The molecule has 1 aromatic rings. The molecule has 0 unspecified atom stereocenters. The first-order chi connectivity index (χ1) is 9.39. The Labute approximate surface area is 119 Å². The van der Waals surface area contributed by atoms with Crippen LogP contribution < -0.4 is 5.32 Å². The molecule has 2 N–H and O–H groups in total. The van der Waals surface area contributed by atoms with Gasteiger partial charge in [-0.2, -0.15) is 0 Å². The van der Waals surface area contributed by atoms with E-state index in [0.29, 0.717) is 29.9 Å². The molecule has 3 nitrogen and oxygen atoms in total. The van der Waals surface area contributed by atoms with Crippen molar-refractivity contribution in [2.45, 2.75) is 45.1 Å². The van der Waals surface area contributed by atoms with E-state index in [0.717, 1.165) is 12.8 Å². The number of hydrogen-bond donors (Lipinski definition) is 2. The van der Waals surface area contributed by atoms with Gasteiger partial charge in [-0.3, -0.25) is 4.79 Å². The van der Waals surface area contributed by atoms with Crippen LogP contribution in [0.5, 0.6) is 0 Å². The van der Waals surface area contributed by atoms with E-state index in [-0.39, 0.29) is 18.3 Å². The number of benzene rings is 1. The number of carbonyl (C=O) groups excluding carboxylic acids is 1. The molecule has 0 aliphatic heterocycles. The predicted octanol–water partition coefficient (Wildman–Crippen LogP) is 2.81. The fourth-order valence-corrected chi connectivity index (χ4v) is 2.56. The molecule has 0 atom stereocenters. The van der Waals surface area contributed by atoms with Gasteiger partial charge in [-0.05, 0) is 56.2 Å². The monoisotopic (exact) mass is 279 g/mol. The average Bonchev–Trinajstić information content (AvgIpc) is 2.43. The molecular formula is C16H22FNO2. The molecule has 0 spiro atoms. The maximum Gasteiger partial charge on any atom is 0.251 e. The number of aryl methyl sites for hydroxylation is 1. The van der Waals surface area contributed by atoms with Gasteiger partial charge in [0.15, 0.2) is 0 Å². The maximum absolute atomic E-state index is 13.4. The fourth-order valence-electron chi connectivity index (χ4n) is 2.56. The minimum absolute atomic E-state index is 0.230. The van der Waals surface area contributed by atoms with Crippen LogP contribution in [0, 0.1) is 18.7 Å². The zero-order chi connectivity index (χ0) is 14.8. The number of carbonyl (C=O) groups is 1. The predicted molar refractivity (Wildman–Crippen MR) is 76.1 cm³/mol. The molecule has 2 rings (SSSR count). The van der Waals surface area contributed by atoms with Gasteiger partial charge in [0, 0.05) is 12.1 Å². The van der Waals surface area contributed by atoms with Crippen molar-refractivity contribution in [2.24, 2.45) is 5.92 Å². The van der Waals surface area contributed by atoms with E-state index in [9.17, 15) is 14.3 Å². The third kappa shape index (κ3) is 3.57. The van der Waals surface area contributed by atoms with Gasteiger partial charge in [0.25, 0.3) is 5.91 Å². The zero-order valence-electron chi connectivity index (χ0n) is 12.1. The Morgan fingerprint density at radius 3 is 2.70 bits per heavy atom. The van der Waals surface area contributed by atoms with Crippen LogP contribution in [-0.2, 0) is 0 Å². The van der Waals surface area contributed by atoms with Crippen LogP contribution in [0.3, 0.4) is 0 Å². The van der Waals surface area contributed by atoms with Crippen molar-refractivity contribution in [1.29, 1.82) is 0 Å². The third-order valence-corrected chi connectivity index (χ3v) is 4.22. The average molecular weight is 279 g/mol. The summed E-state index contributed by atoms with van der Waals surface area (Å²) in [7, 11) is 0. The summed E-state index contributed by atoms with van der Waals surface area (Å²) >= 11 is 0. The van der Waals surface area contributed by atoms with Crippen LogP contribution in [-0.4, -0.2) is 23.2 Å². The van der Waals surface area contributed by atoms with Crippen LogP contribution in [0.2, 0.25) is 0 Å². The molecule has 1 aliphatic rings. The molecule has 1 saturated carbocycles. The number of rotatable bonds is 3. The number of halogens is 1. The second-order valence-corrected chi connectivity index (χ2v) is 6.05. The molecule has 1 amide bonds. The number of aliphatic hydroxyl groups is 1. The van der Waals surface area contributed by atoms with Gasteiger partial charge in [0.2, 0.25) is 0 Å². The highest BCUT2D eigenvalue weighted by Gasteiger charge is 2.32. The Bertz CT molecular complexity index is 493. The van der Waals surface area contributed by atoms with Gasteiger partial charge in [0.05, 0.1) is 5.60 Å². The molecule has 1 aromatic carbocycles. The Morgan fingerprint density at radius 1 is 1.45 bits per heavy atom. The van der Waals surface area contributed by atoms with Crippen molar-refractivity contribution in [3.8, 4) is 0 Å². The Kier molecular flexibility index (Phi) is 4.43. The van der Waals surface area contributed by atoms with Gasteiger partial charge in [-0.25, -0.2) is 4.39 Å². The van der Waals surface area contributed by atoms with Crippen LogP contribution in [0.4, 0.5) is 4.39 Å². The molecule has 0 heterocycles. The molecule has 1 aliphatic carbocycles. The summed E-state index contributed by atoms with van der Waals surface area (Å²) in [6.07, 6.45) is 3.37. The highest BCUT2D eigenvalue weighted by Crippen LogP contribution is 2.31. The lowest BCUT2D eigenvalue weighted by Gasteiger charge is -2.34. The summed E-state index contributed by atoms with van der Waals surface area (Å²) in [6, 6.07) is 4.42. The van der Waals surface area contributed by atoms with E-state index in [2.05, 4.69) is 12.2 Å². The highest BCUT2D eigenvalue weighted by atomic mass is 19.1. The molecule has 20 heavy (non-hydrogen) atoms. The largest absolute Gasteiger partial charge is 0.388 e. The van der Waals surface area contributed by atoms with Crippen LogP contribution in [0.15, 0.2) is 18.2 Å². The molecule has 0 radical (unpaired) electrons. The minimum atomic E-state index is -0.814. The van der Waals surface area contributed by atoms with Gasteiger partial charge in [0.1, 0.15) is 5.82 Å². The second-order valence-electron chi connectivity index (χ2n) is 6.05. The first-order valence-electron chi connectivity index (χ1n) is 7.16. The topological polar surface area (TPSA) is 49.3 Å². The minimum Gasteiger partial charge on any atom is -0.388 e. The van der Waals surface area contributed by atoms with Gasteiger partial charge in [-0.15, -0.1) is 0 Å². The first-order valence-corrected chi connectivity index (χ1v) is 7.16. The van der Waals surface area contributed by atoms with E-state index in [1.54, 1.807) is 19.1 Å². The van der Waals surface area contributed by atoms with Gasteiger partial charge >= 0.3 is 0 Å². The van der Waals surface area contributed by atoms with Crippen LogP contribution in [0.1, 0.15) is 48.5 Å². The van der Waals surface area contributed by atoms with Crippen molar-refractivity contribution in [3.05, 3.63) is 35.1 Å². The fraction of sp³-hybridized carbons (Fsp3) is 0.562. The quantitative estimate of drug-likeness (QED) is 0.894. The summed E-state index contributed by atoms with van der Waals surface area (Å²) in [5.41, 5.74) is -0.00637. The van der Waals surface area contributed by atoms with Gasteiger partial charge < -0.3 is 10.4 Å². The van der Waals surface area contributed by atoms with Crippen LogP contribution >= 0.6 is 0 Å². The Morgan fingerprint density at radius 2 is 2.10 bits per heavy atom. The smallest absolute Gasteiger partial charge is 0.251 e. The summed E-state index contributed by atoms with van der Waals surface area (Å²) in [6.45, 7) is 4.06. The lowest BCUT2D eigenvalue weighted by Crippen LogP contribution is -2.45. The van der Waals surface area contributed by atoms with Crippen molar-refractivity contribution in [3.63, 3.8) is 0 Å². The van der Waals surface area contributed by atoms with Crippen molar-refractivity contribution in [1.82, 2.24) is 5.32 Å². The lowest BCUT2D eigenvalue weighted by atomic mass is 9.79. The molecule has 4 heteroatoms. The zero-order valence-corrected chi connectivity index (χ0v) is 12.1. The van der Waals surface area contributed by atoms with E-state index in [1.807, 2.05) is 0 Å². The molecule has 110 valence electrons. The molecule has 0 bridgehead atoms. The normalized spacial score (nSPS) is 26.3. The molecule has 0 aromatic heterocycles. The Balaban J connectivity index is 1.93. The number of hydrogen-bond acceptors (Lipinski definition) is 2. The summed E-state index contributed by atoms with van der Waals surface area (Å²) in [5.74, 6) is -0.0871. The standard InChI is InChI=1S/C16H22FNO2/c1-11-5-7-16(20,8-6-11)10-18-15(19)13-4-3-12(2)14(17)9-13/h3-4,9,11,20H,5-8,10H2,1-2H3,(H,18,19). The summed E-state index contributed by atoms with van der Waals surface area (Å²) < 4.78 is 13.4. The van der Waals surface area contributed by atoms with E-state index in [4.69, 9.17) is 0 Å². The van der Waals surface area contributed by atoms with Crippen LogP contribution in [0.25, 0.3) is 0 Å². The number of amides is 1. The third-order valence-electron chi connectivity index (χ3n) is 4.22. The summed E-state index contributed by atoms with van der Waals surface area (Å²) in [4.78, 5) is 12.0. The highest BCUT2D eigenvalue weighted by molar-refractivity contribution is 5.94. The van der Waals surface area contributed by atoms with Crippen molar-refractivity contribution < 1.29 is 14.3 Å². The molecular weight excluding hydrogens is 257 g/mol. The van der Waals surface area contributed by atoms with E-state index >= 15 is 0 Å². The first kappa shape index (κ1) is 15.0. The molecule has 0 saturated heterocycles. The number of nitrogens with one attached hydrogen (secondary N) is 1.